The predicted octanol–water partition coefficient (Wildman–Crippen LogP) is 3.45. The van der Waals surface area contributed by atoms with Gasteiger partial charge in [0.05, 0.1) is 5.41 Å². The normalized spacial score (nSPS) is 22.3. The SMILES string of the molecule is CCCCCC1OC(=O)OC1COC(=O)C(C)(C)CC. The molecule has 0 aliphatic carbocycles. The Morgan fingerprint density at radius 2 is 1.85 bits per heavy atom. The molecule has 2 atom stereocenters. The average molecular weight is 286 g/mol. The molecule has 2 unspecified atom stereocenters. The number of hydrogen-bond donors (Lipinski definition) is 0. The van der Waals surface area contributed by atoms with Gasteiger partial charge >= 0.3 is 12.1 Å². The topological polar surface area (TPSA) is 61.8 Å². The second kappa shape index (κ2) is 7.50. The first-order valence-electron chi connectivity index (χ1n) is 7.45. The van der Waals surface area contributed by atoms with Gasteiger partial charge in [-0.05, 0) is 33.1 Å². The highest BCUT2D eigenvalue weighted by atomic mass is 16.8. The van der Waals surface area contributed by atoms with Crippen molar-refractivity contribution in [3.8, 4) is 0 Å². The zero-order valence-electron chi connectivity index (χ0n) is 12.9. The van der Waals surface area contributed by atoms with Crippen LogP contribution in [0.5, 0.6) is 0 Å². The Hall–Kier alpha value is -1.26. The molecule has 0 aromatic heterocycles. The third-order valence-electron chi connectivity index (χ3n) is 3.82. The van der Waals surface area contributed by atoms with Gasteiger partial charge in [0.25, 0.3) is 0 Å². The standard InChI is InChI=1S/C15H26O5/c1-5-7-8-9-11-12(20-14(17)19-11)10-18-13(16)15(3,4)6-2/h11-12H,5-10H2,1-4H3. The summed E-state index contributed by atoms with van der Waals surface area (Å²) < 4.78 is 15.4. The highest BCUT2D eigenvalue weighted by molar-refractivity contribution is 5.75. The minimum Gasteiger partial charge on any atom is -0.461 e. The fourth-order valence-corrected chi connectivity index (χ4v) is 1.91. The van der Waals surface area contributed by atoms with E-state index in [2.05, 4.69) is 6.92 Å². The van der Waals surface area contributed by atoms with Crippen LogP contribution in [0.2, 0.25) is 0 Å². The highest BCUT2D eigenvalue weighted by Crippen LogP contribution is 2.24. The molecule has 0 amide bonds. The summed E-state index contributed by atoms with van der Waals surface area (Å²) in [7, 11) is 0. The summed E-state index contributed by atoms with van der Waals surface area (Å²) in [5.74, 6) is -0.268. The van der Waals surface area contributed by atoms with E-state index in [1.54, 1.807) is 0 Å². The zero-order valence-corrected chi connectivity index (χ0v) is 12.9. The van der Waals surface area contributed by atoms with E-state index in [0.29, 0.717) is 6.42 Å². The Morgan fingerprint density at radius 1 is 1.20 bits per heavy atom. The van der Waals surface area contributed by atoms with Gasteiger partial charge in [-0.2, -0.15) is 0 Å². The van der Waals surface area contributed by atoms with E-state index >= 15 is 0 Å². The van der Waals surface area contributed by atoms with Gasteiger partial charge in [0.2, 0.25) is 0 Å². The molecular weight excluding hydrogens is 260 g/mol. The maximum absolute atomic E-state index is 11.9. The van der Waals surface area contributed by atoms with Crippen molar-refractivity contribution in [1.82, 2.24) is 0 Å². The zero-order chi connectivity index (χ0) is 15.2. The summed E-state index contributed by atoms with van der Waals surface area (Å²) >= 11 is 0. The average Bonchev–Trinajstić information content (AvgIpc) is 2.76. The minimum atomic E-state index is -0.665. The van der Waals surface area contributed by atoms with Crippen LogP contribution in [0.4, 0.5) is 4.79 Å². The fraction of sp³-hybridized carbons (Fsp3) is 0.867. The van der Waals surface area contributed by atoms with Gasteiger partial charge in [-0.3, -0.25) is 4.79 Å². The Balaban J connectivity index is 2.44. The quantitative estimate of drug-likeness (QED) is 0.505. The van der Waals surface area contributed by atoms with E-state index in [1.807, 2.05) is 20.8 Å². The maximum atomic E-state index is 11.9. The molecule has 0 saturated carbocycles. The van der Waals surface area contributed by atoms with Crippen LogP contribution in [0.15, 0.2) is 0 Å². The molecule has 116 valence electrons. The van der Waals surface area contributed by atoms with E-state index in [0.717, 1.165) is 25.7 Å². The number of hydrogen-bond acceptors (Lipinski definition) is 5. The molecule has 0 N–H and O–H groups in total. The van der Waals surface area contributed by atoms with Gasteiger partial charge in [-0.1, -0.05) is 26.7 Å². The van der Waals surface area contributed by atoms with Crippen molar-refractivity contribution in [3.63, 3.8) is 0 Å². The van der Waals surface area contributed by atoms with E-state index in [4.69, 9.17) is 14.2 Å². The number of carbonyl (C=O) groups is 2. The Kier molecular flexibility index (Phi) is 6.30. The smallest absolute Gasteiger partial charge is 0.461 e. The van der Waals surface area contributed by atoms with Gasteiger partial charge in [0.1, 0.15) is 12.7 Å². The largest absolute Gasteiger partial charge is 0.509 e. The molecule has 0 spiro atoms. The molecule has 1 saturated heterocycles. The lowest BCUT2D eigenvalue weighted by molar-refractivity contribution is -0.157. The van der Waals surface area contributed by atoms with Gasteiger partial charge in [0.15, 0.2) is 6.10 Å². The van der Waals surface area contributed by atoms with Gasteiger partial charge in [-0.25, -0.2) is 4.79 Å². The summed E-state index contributed by atoms with van der Waals surface area (Å²) in [6.45, 7) is 7.80. The van der Waals surface area contributed by atoms with E-state index in [1.165, 1.54) is 0 Å². The molecule has 0 aromatic rings. The van der Waals surface area contributed by atoms with Crippen LogP contribution in [0.3, 0.4) is 0 Å². The second-order valence-electron chi connectivity index (χ2n) is 5.89. The fourth-order valence-electron chi connectivity index (χ4n) is 1.91. The number of unbranched alkanes of at least 4 members (excludes halogenated alkanes) is 2. The van der Waals surface area contributed by atoms with Crippen molar-refractivity contribution >= 4 is 12.1 Å². The third kappa shape index (κ3) is 4.69. The maximum Gasteiger partial charge on any atom is 0.509 e. The summed E-state index contributed by atoms with van der Waals surface area (Å²) in [4.78, 5) is 23.1. The molecule has 1 aliphatic rings. The van der Waals surface area contributed by atoms with E-state index in [-0.39, 0.29) is 18.7 Å². The number of cyclic esters (lactones) is 2. The highest BCUT2D eigenvalue weighted by Gasteiger charge is 2.38. The summed E-state index contributed by atoms with van der Waals surface area (Å²) in [5, 5.41) is 0. The lowest BCUT2D eigenvalue weighted by atomic mass is 9.91. The molecule has 0 radical (unpaired) electrons. The number of rotatable bonds is 8. The van der Waals surface area contributed by atoms with Crippen molar-refractivity contribution < 1.29 is 23.8 Å². The van der Waals surface area contributed by atoms with Crippen LogP contribution < -0.4 is 0 Å². The molecule has 5 nitrogen and oxygen atoms in total. The summed E-state index contributed by atoms with van der Waals surface area (Å²) in [6.07, 6.45) is 3.17. The number of carbonyl (C=O) groups excluding carboxylic acids is 2. The van der Waals surface area contributed by atoms with Crippen molar-refractivity contribution in [2.24, 2.45) is 5.41 Å². The molecule has 1 rings (SSSR count). The molecular formula is C15H26O5. The third-order valence-corrected chi connectivity index (χ3v) is 3.82. The molecule has 20 heavy (non-hydrogen) atoms. The van der Waals surface area contributed by atoms with E-state index in [9.17, 15) is 9.59 Å². The van der Waals surface area contributed by atoms with Gasteiger partial charge < -0.3 is 14.2 Å². The first kappa shape index (κ1) is 16.8. The van der Waals surface area contributed by atoms with Crippen LogP contribution in [-0.2, 0) is 19.0 Å². The molecule has 5 heteroatoms. The van der Waals surface area contributed by atoms with Crippen LogP contribution >= 0.6 is 0 Å². The Morgan fingerprint density at radius 3 is 2.45 bits per heavy atom. The first-order valence-corrected chi connectivity index (χ1v) is 7.45. The van der Waals surface area contributed by atoms with Gasteiger partial charge in [-0.15, -0.1) is 0 Å². The molecule has 1 aliphatic heterocycles. The second-order valence-corrected chi connectivity index (χ2v) is 5.89. The van der Waals surface area contributed by atoms with Crippen LogP contribution in [-0.4, -0.2) is 30.9 Å². The lowest BCUT2D eigenvalue weighted by Crippen LogP contribution is -2.33. The number of ether oxygens (including phenoxy) is 3. The first-order chi connectivity index (χ1) is 9.40. The van der Waals surface area contributed by atoms with Crippen molar-refractivity contribution in [2.45, 2.75) is 72.0 Å². The monoisotopic (exact) mass is 286 g/mol. The molecule has 1 fully saturated rings. The van der Waals surface area contributed by atoms with Gasteiger partial charge in [0, 0.05) is 0 Å². The van der Waals surface area contributed by atoms with Crippen LogP contribution in [0.25, 0.3) is 0 Å². The minimum absolute atomic E-state index is 0.0742. The molecule has 1 heterocycles. The molecule has 0 bridgehead atoms. The number of esters is 1. The Labute approximate surface area is 121 Å². The predicted molar refractivity (Wildman–Crippen MR) is 74.3 cm³/mol. The lowest BCUT2D eigenvalue weighted by Gasteiger charge is -2.22. The van der Waals surface area contributed by atoms with Crippen LogP contribution in [0, 0.1) is 5.41 Å². The Bertz CT molecular complexity index is 337. The van der Waals surface area contributed by atoms with Crippen molar-refractivity contribution in [3.05, 3.63) is 0 Å². The summed E-state index contributed by atoms with van der Waals surface area (Å²) in [6, 6.07) is 0. The summed E-state index contributed by atoms with van der Waals surface area (Å²) in [5.41, 5.74) is -0.513. The van der Waals surface area contributed by atoms with E-state index < -0.39 is 17.7 Å². The van der Waals surface area contributed by atoms with Crippen molar-refractivity contribution in [1.29, 1.82) is 0 Å². The van der Waals surface area contributed by atoms with Crippen LogP contribution in [0.1, 0.15) is 59.8 Å². The van der Waals surface area contributed by atoms with Crippen molar-refractivity contribution in [2.75, 3.05) is 6.61 Å². The molecule has 0 aromatic carbocycles.